The number of nitrogens with one attached hydrogen (secondary N) is 4. The molecule has 224 valence electrons. The lowest BCUT2D eigenvalue weighted by Gasteiger charge is -2.26. The molecule has 3 rings (SSSR count). The highest BCUT2D eigenvalue weighted by molar-refractivity contribution is 5.94. The number of carboxylic acid groups (broad SMARTS) is 1. The number of hydrogen-bond acceptors (Lipinski definition) is 7. The number of amides is 3. The van der Waals surface area contributed by atoms with Crippen molar-refractivity contribution in [3.63, 3.8) is 0 Å². The number of phenolic OH excluding ortho intramolecular Hbond substituents is 1. The van der Waals surface area contributed by atoms with E-state index in [2.05, 4.69) is 26.3 Å². The van der Waals surface area contributed by atoms with Gasteiger partial charge in [-0.25, -0.2) is 9.78 Å². The fourth-order valence-corrected chi connectivity index (χ4v) is 4.64. The van der Waals surface area contributed by atoms with Crippen LogP contribution in [0.3, 0.4) is 0 Å². The van der Waals surface area contributed by atoms with Crippen LogP contribution in [0, 0.1) is 5.41 Å². The molecule has 3 unspecified atom stereocenters. The van der Waals surface area contributed by atoms with E-state index in [4.69, 9.17) is 0 Å². The number of carboxylic acids is 1. The first kappa shape index (κ1) is 31.6. The van der Waals surface area contributed by atoms with Crippen molar-refractivity contribution in [1.29, 1.82) is 0 Å². The zero-order chi connectivity index (χ0) is 30.2. The van der Waals surface area contributed by atoms with Gasteiger partial charge in [0.2, 0.25) is 17.7 Å². The summed E-state index contributed by atoms with van der Waals surface area (Å²) in [7, 11) is 1.75. The fourth-order valence-electron chi connectivity index (χ4n) is 4.64. The Labute approximate surface area is 240 Å². The van der Waals surface area contributed by atoms with Crippen LogP contribution in [0.1, 0.15) is 57.7 Å². The van der Waals surface area contributed by atoms with Crippen molar-refractivity contribution in [2.75, 3.05) is 6.54 Å². The number of imidazole rings is 1. The Bertz CT molecular complexity index is 1200. The number of rotatable bonds is 13. The summed E-state index contributed by atoms with van der Waals surface area (Å²) < 4.78 is 1.71. The number of benzene rings is 1. The van der Waals surface area contributed by atoms with Crippen LogP contribution < -0.4 is 21.3 Å². The van der Waals surface area contributed by atoms with Gasteiger partial charge in [0.25, 0.3) is 0 Å². The van der Waals surface area contributed by atoms with Crippen molar-refractivity contribution in [1.82, 2.24) is 30.8 Å². The van der Waals surface area contributed by atoms with E-state index in [1.54, 1.807) is 36.3 Å². The number of carbonyl (C=O) groups excluding carboxylic acids is 3. The summed E-state index contributed by atoms with van der Waals surface area (Å²) in [5.74, 6) is -2.64. The summed E-state index contributed by atoms with van der Waals surface area (Å²) in [5, 5.41) is 30.7. The van der Waals surface area contributed by atoms with Crippen LogP contribution in [0.15, 0.2) is 36.8 Å². The van der Waals surface area contributed by atoms with Gasteiger partial charge in [0, 0.05) is 31.8 Å². The summed E-state index contributed by atoms with van der Waals surface area (Å²) in [6, 6.07) is 2.60. The molecule has 1 aromatic carbocycles. The van der Waals surface area contributed by atoms with Gasteiger partial charge in [0.05, 0.1) is 12.4 Å². The predicted octanol–water partition coefficient (Wildman–Crippen LogP) is 1.03. The average Bonchev–Trinajstić information content (AvgIpc) is 3.58. The van der Waals surface area contributed by atoms with Crippen molar-refractivity contribution < 1.29 is 29.4 Å². The van der Waals surface area contributed by atoms with Gasteiger partial charge in [0.1, 0.15) is 23.9 Å². The van der Waals surface area contributed by atoms with E-state index < -0.39 is 42.0 Å². The third-order valence-corrected chi connectivity index (χ3v) is 7.15. The summed E-state index contributed by atoms with van der Waals surface area (Å²) in [5.41, 5.74) is 1.22. The minimum atomic E-state index is -1.16. The van der Waals surface area contributed by atoms with Gasteiger partial charge >= 0.3 is 5.97 Å². The molecule has 2 heterocycles. The van der Waals surface area contributed by atoms with Crippen LogP contribution in [0.4, 0.5) is 0 Å². The highest BCUT2D eigenvalue weighted by Gasteiger charge is 2.32. The Morgan fingerprint density at radius 3 is 2.20 bits per heavy atom. The van der Waals surface area contributed by atoms with E-state index >= 15 is 0 Å². The summed E-state index contributed by atoms with van der Waals surface area (Å²) >= 11 is 0. The maximum Gasteiger partial charge on any atom is 0.326 e. The molecular weight excluding hydrogens is 528 g/mol. The summed E-state index contributed by atoms with van der Waals surface area (Å²) in [6.45, 7) is 6.67. The van der Waals surface area contributed by atoms with E-state index in [1.807, 2.05) is 20.8 Å². The Morgan fingerprint density at radius 1 is 1.02 bits per heavy atom. The van der Waals surface area contributed by atoms with Gasteiger partial charge in [-0.3, -0.25) is 14.4 Å². The van der Waals surface area contributed by atoms with E-state index in [0.717, 1.165) is 6.42 Å². The third-order valence-electron chi connectivity index (χ3n) is 7.15. The van der Waals surface area contributed by atoms with Crippen molar-refractivity contribution in [2.24, 2.45) is 12.5 Å². The Kier molecular flexibility index (Phi) is 10.9. The molecule has 1 aromatic heterocycles. The highest BCUT2D eigenvalue weighted by Crippen LogP contribution is 2.22. The number of aromatic nitrogens is 2. The van der Waals surface area contributed by atoms with Crippen molar-refractivity contribution in [2.45, 2.75) is 83.5 Å². The SMILES string of the molecule is Cn1cncc1CC(NC(=O)C(Cc1ccc(O)cc1)NC(=O)[C@@H]1CCCN1)C(=O)NC(CCC(C)(C)C)C(=O)O. The number of aryl methyl sites for hydroxylation is 1. The Hall–Kier alpha value is -3.93. The molecule has 12 nitrogen and oxygen atoms in total. The molecule has 1 saturated heterocycles. The second kappa shape index (κ2) is 14.1. The van der Waals surface area contributed by atoms with E-state index in [9.17, 15) is 29.4 Å². The molecule has 41 heavy (non-hydrogen) atoms. The van der Waals surface area contributed by atoms with Crippen molar-refractivity contribution >= 4 is 23.7 Å². The number of aromatic hydroxyl groups is 1. The van der Waals surface area contributed by atoms with E-state index in [0.29, 0.717) is 30.6 Å². The summed E-state index contributed by atoms with van der Waals surface area (Å²) in [6.07, 6.45) is 5.61. The summed E-state index contributed by atoms with van der Waals surface area (Å²) in [4.78, 5) is 56.1. The molecule has 3 amide bonds. The molecular formula is C29H42N6O6. The van der Waals surface area contributed by atoms with Gasteiger partial charge in [-0.05, 0) is 55.3 Å². The number of aliphatic carboxylic acids is 1. The largest absolute Gasteiger partial charge is 0.508 e. The van der Waals surface area contributed by atoms with Gasteiger partial charge in [-0.2, -0.15) is 0 Å². The number of phenols is 1. The predicted molar refractivity (Wildman–Crippen MR) is 152 cm³/mol. The monoisotopic (exact) mass is 570 g/mol. The molecule has 0 bridgehead atoms. The molecule has 0 aliphatic carbocycles. The molecule has 1 aliphatic heterocycles. The lowest BCUT2D eigenvalue weighted by Crippen LogP contribution is -2.58. The Morgan fingerprint density at radius 2 is 1.66 bits per heavy atom. The highest BCUT2D eigenvalue weighted by atomic mass is 16.4. The Balaban J connectivity index is 1.82. The minimum Gasteiger partial charge on any atom is -0.508 e. The molecule has 6 N–H and O–H groups in total. The van der Waals surface area contributed by atoms with Crippen molar-refractivity contribution in [3.8, 4) is 5.75 Å². The molecule has 0 radical (unpaired) electrons. The van der Waals surface area contributed by atoms with Crippen LogP contribution in [-0.4, -0.2) is 74.2 Å². The smallest absolute Gasteiger partial charge is 0.326 e. The maximum absolute atomic E-state index is 13.7. The standard InChI is InChI=1S/C29H42N6O6/c1-29(2,3)12-11-22(28(40)41)32-27(39)24(15-19-16-30-17-35(19)4)34-26(38)23(14-18-7-9-20(36)10-8-18)33-25(37)21-6-5-13-31-21/h7-10,16-17,21-24,31,36H,5-6,11-15H2,1-4H3,(H,32,39)(H,33,37)(H,34,38)(H,40,41)/t21-,22?,23?,24?/m0/s1. The van der Waals surface area contributed by atoms with Crippen LogP contribution in [0.2, 0.25) is 0 Å². The molecule has 2 aromatic rings. The lowest BCUT2D eigenvalue weighted by atomic mass is 9.88. The topological polar surface area (TPSA) is 175 Å². The second-order valence-corrected chi connectivity index (χ2v) is 11.8. The van der Waals surface area contributed by atoms with E-state index in [1.165, 1.54) is 12.1 Å². The first-order valence-corrected chi connectivity index (χ1v) is 13.9. The third kappa shape index (κ3) is 9.89. The van der Waals surface area contributed by atoms with Crippen LogP contribution in [0.25, 0.3) is 0 Å². The molecule has 12 heteroatoms. The van der Waals surface area contributed by atoms with Gasteiger partial charge < -0.3 is 36.0 Å². The normalized spacial score (nSPS) is 17.3. The average molecular weight is 571 g/mol. The maximum atomic E-state index is 13.7. The zero-order valence-corrected chi connectivity index (χ0v) is 24.1. The molecule has 4 atom stereocenters. The van der Waals surface area contributed by atoms with Crippen LogP contribution in [-0.2, 0) is 39.1 Å². The molecule has 0 spiro atoms. The quantitative estimate of drug-likeness (QED) is 0.207. The second-order valence-electron chi connectivity index (χ2n) is 11.8. The number of carbonyl (C=O) groups is 4. The molecule has 1 fully saturated rings. The van der Waals surface area contributed by atoms with Crippen LogP contribution >= 0.6 is 0 Å². The first-order valence-electron chi connectivity index (χ1n) is 13.9. The number of nitrogens with zero attached hydrogens (tertiary/aromatic N) is 2. The van der Waals surface area contributed by atoms with Gasteiger partial charge in [-0.15, -0.1) is 0 Å². The minimum absolute atomic E-state index is 0.0593. The van der Waals surface area contributed by atoms with Crippen molar-refractivity contribution in [3.05, 3.63) is 48.0 Å². The van der Waals surface area contributed by atoms with E-state index in [-0.39, 0.29) is 36.3 Å². The molecule has 0 saturated carbocycles. The van der Waals surface area contributed by atoms with Gasteiger partial charge in [-0.1, -0.05) is 32.9 Å². The lowest BCUT2D eigenvalue weighted by molar-refractivity contribution is -0.142. The first-order chi connectivity index (χ1) is 19.3. The van der Waals surface area contributed by atoms with Gasteiger partial charge in [0.15, 0.2) is 0 Å². The molecule has 1 aliphatic rings. The fraction of sp³-hybridized carbons (Fsp3) is 0.552. The van der Waals surface area contributed by atoms with Crippen LogP contribution in [0.5, 0.6) is 5.75 Å². The number of hydrogen-bond donors (Lipinski definition) is 6. The zero-order valence-electron chi connectivity index (χ0n) is 24.1.